The first-order valence-corrected chi connectivity index (χ1v) is 11.6. The van der Waals surface area contributed by atoms with Gasteiger partial charge in [-0.15, -0.1) is 12.4 Å². The maximum Gasteiger partial charge on any atom is 0.192 e. The average molecular weight is 499 g/mol. The summed E-state index contributed by atoms with van der Waals surface area (Å²) in [5, 5.41) is 19.4. The molecular formula is C23H24ClFN8S. The molecule has 0 saturated carbocycles. The number of thiazole rings is 1. The van der Waals surface area contributed by atoms with E-state index in [0.717, 1.165) is 43.1 Å². The highest BCUT2D eigenvalue weighted by Crippen LogP contribution is 2.38. The van der Waals surface area contributed by atoms with Gasteiger partial charge < -0.3 is 15.1 Å². The number of nitrogens with zero attached hydrogens (tertiary/aromatic N) is 7. The lowest BCUT2D eigenvalue weighted by Crippen LogP contribution is -2.43. The maximum atomic E-state index is 13.4. The zero-order chi connectivity index (χ0) is 22.9. The summed E-state index contributed by atoms with van der Waals surface area (Å²) < 4.78 is 15.3. The van der Waals surface area contributed by atoms with E-state index >= 15 is 0 Å². The molecule has 0 spiro atoms. The van der Waals surface area contributed by atoms with Crippen LogP contribution in [-0.4, -0.2) is 53.0 Å². The highest BCUT2D eigenvalue weighted by atomic mass is 35.5. The number of aryl methyl sites for hydroxylation is 1. The summed E-state index contributed by atoms with van der Waals surface area (Å²) in [5.41, 5.74) is 3.00. The molecule has 176 valence electrons. The van der Waals surface area contributed by atoms with E-state index in [0.29, 0.717) is 33.5 Å². The van der Waals surface area contributed by atoms with E-state index in [2.05, 4.69) is 32.4 Å². The lowest BCUT2D eigenvalue weighted by molar-refractivity contribution is 0.589. The summed E-state index contributed by atoms with van der Waals surface area (Å²) in [6, 6.07) is 10.4. The quantitative estimate of drug-likeness (QED) is 0.441. The van der Waals surface area contributed by atoms with Crippen molar-refractivity contribution in [3.63, 3.8) is 0 Å². The average Bonchev–Trinajstić information content (AvgIpc) is 3.46. The van der Waals surface area contributed by atoms with E-state index in [1.54, 1.807) is 12.1 Å². The van der Waals surface area contributed by atoms with Gasteiger partial charge in [-0.1, -0.05) is 11.3 Å². The number of anilines is 3. The SMILES string of the molecule is CCn1nc2ncc(N3CCNCC3)cc2c1N(C)c1nc(-c2ccc(F)cc2)c(C#N)s1.Cl. The van der Waals surface area contributed by atoms with Gasteiger partial charge in [-0.3, -0.25) is 0 Å². The third kappa shape index (κ3) is 4.30. The van der Waals surface area contributed by atoms with Crippen molar-refractivity contribution < 1.29 is 4.39 Å². The molecule has 5 rings (SSSR count). The monoisotopic (exact) mass is 498 g/mol. The molecule has 0 atom stereocenters. The van der Waals surface area contributed by atoms with E-state index in [4.69, 9.17) is 4.98 Å². The molecule has 0 bridgehead atoms. The molecule has 1 aliphatic heterocycles. The van der Waals surface area contributed by atoms with Gasteiger partial charge in [0, 0.05) is 45.3 Å². The van der Waals surface area contributed by atoms with Crippen molar-refractivity contribution in [3.8, 4) is 17.3 Å². The van der Waals surface area contributed by atoms with Crippen LogP contribution in [0.5, 0.6) is 0 Å². The van der Waals surface area contributed by atoms with E-state index < -0.39 is 0 Å². The number of piperazine rings is 1. The van der Waals surface area contributed by atoms with Crippen molar-refractivity contribution >= 4 is 51.4 Å². The Hall–Kier alpha value is -3.26. The lowest BCUT2D eigenvalue weighted by atomic mass is 10.1. The Bertz CT molecular complexity index is 1340. The van der Waals surface area contributed by atoms with Crippen LogP contribution in [0.15, 0.2) is 36.5 Å². The minimum absolute atomic E-state index is 0. The number of hydrogen-bond acceptors (Lipinski definition) is 8. The Morgan fingerprint density at radius 2 is 1.97 bits per heavy atom. The van der Waals surface area contributed by atoms with Gasteiger partial charge in [-0.25, -0.2) is 19.0 Å². The smallest absolute Gasteiger partial charge is 0.192 e. The van der Waals surface area contributed by atoms with Gasteiger partial charge in [0.05, 0.1) is 17.3 Å². The second kappa shape index (κ2) is 9.93. The molecule has 34 heavy (non-hydrogen) atoms. The predicted molar refractivity (Wildman–Crippen MR) is 136 cm³/mol. The van der Waals surface area contributed by atoms with Crippen LogP contribution in [0, 0.1) is 17.1 Å². The van der Waals surface area contributed by atoms with E-state index in [9.17, 15) is 9.65 Å². The van der Waals surface area contributed by atoms with Crippen LogP contribution in [0.1, 0.15) is 11.8 Å². The Balaban J connectivity index is 0.00000274. The summed E-state index contributed by atoms with van der Waals surface area (Å²) in [5.74, 6) is 0.553. The largest absolute Gasteiger partial charge is 0.368 e. The van der Waals surface area contributed by atoms with Crippen LogP contribution in [-0.2, 0) is 6.54 Å². The standard InChI is InChI=1S/C23H23FN8S.ClH/c1-3-32-22(18-12-17(14-27-21(18)29-32)31-10-8-26-9-11-31)30(2)23-28-20(19(13-25)33-23)15-4-6-16(24)7-5-15;/h4-7,12,14,26H,3,8-11H2,1-2H3;1H. The molecule has 0 amide bonds. The second-order valence-electron chi connectivity index (χ2n) is 7.79. The highest BCUT2D eigenvalue weighted by Gasteiger charge is 2.23. The number of rotatable bonds is 5. The van der Waals surface area contributed by atoms with Crippen molar-refractivity contribution in [3.05, 3.63) is 47.2 Å². The summed E-state index contributed by atoms with van der Waals surface area (Å²) >= 11 is 1.30. The normalized spacial score (nSPS) is 13.5. The van der Waals surface area contributed by atoms with Crippen molar-refractivity contribution in [2.45, 2.75) is 13.5 Å². The Labute approximate surface area is 207 Å². The van der Waals surface area contributed by atoms with Gasteiger partial charge in [0.2, 0.25) is 0 Å². The molecule has 0 radical (unpaired) electrons. The molecule has 0 unspecified atom stereocenters. The number of halogens is 2. The molecule has 1 aliphatic rings. The van der Waals surface area contributed by atoms with Crippen LogP contribution in [0.25, 0.3) is 22.3 Å². The first-order chi connectivity index (χ1) is 16.1. The topological polar surface area (TPSA) is 85.9 Å². The molecule has 1 saturated heterocycles. The first kappa shape index (κ1) is 23.9. The van der Waals surface area contributed by atoms with E-state index in [1.807, 2.05) is 29.7 Å². The minimum Gasteiger partial charge on any atom is -0.368 e. The number of nitrogens with one attached hydrogen (secondary N) is 1. The lowest BCUT2D eigenvalue weighted by Gasteiger charge is -2.29. The van der Waals surface area contributed by atoms with Gasteiger partial charge in [-0.05, 0) is 37.3 Å². The number of fused-ring (bicyclic) bond motifs is 1. The predicted octanol–water partition coefficient (Wildman–Crippen LogP) is 4.18. The van der Waals surface area contributed by atoms with Crippen LogP contribution >= 0.6 is 23.7 Å². The number of benzene rings is 1. The van der Waals surface area contributed by atoms with Gasteiger partial charge in [0.15, 0.2) is 10.8 Å². The summed E-state index contributed by atoms with van der Waals surface area (Å²) in [4.78, 5) is 14.1. The molecule has 1 N–H and O–H groups in total. The van der Waals surface area contributed by atoms with Gasteiger partial charge in [-0.2, -0.15) is 10.4 Å². The van der Waals surface area contributed by atoms with Gasteiger partial charge in [0.25, 0.3) is 0 Å². The Morgan fingerprint density at radius 1 is 1.24 bits per heavy atom. The van der Waals surface area contributed by atoms with Crippen LogP contribution in [0.3, 0.4) is 0 Å². The fraction of sp³-hybridized carbons (Fsp3) is 0.304. The zero-order valence-corrected chi connectivity index (χ0v) is 20.5. The number of pyridine rings is 1. The number of aromatic nitrogens is 4. The summed E-state index contributed by atoms with van der Waals surface area (Å²) in [7, 11) is 1.93. The molecule has 4 aromatic rings. The molecule has 0 aliphatic carbocycles. The highest BCUT2D eigenvalue weighted by molar-refractivity contribution is 7.16. The number of nitriles is 1. The molecule has 1 fully saturated rings. The molecular weight excluding hydrogens is 475 g/mol. The molecule has 3 aromatic heterocycles. The fourth-order valence-electron chi connectivity index (χ4n) is 4.08. The Kier molecular flexibility index (Phi) is 6.97. The van der Waals surface area contributed by atoms with Crippen LogP contribution < -0.4 is 15.1 Å². The minimum atomic E-state index is -0.323. The van der Waals surface area contributed by atoms with Crippen molar-refractivity contribution in [1.29, 1.82) is 5.26 Å². The van der Waals surface area contributed by atoms with Crippen LogP contribution in [0.2, 0.25) is 0 Å². The third-order valence-corrected chi connectivity index (χ3v) is 6.81. The summed E-state index contributed by atoms with van der Waals surface area (Å²) in [6.45, 7) is 6.45. The Morgan fingerprint density at radius 3 is 2.65 bits per heavy atom. The molecule has 1 aromatic carbocycles. The molecule has 8 nitrogen and oxygen atoms in total. The summed E-state index contributed by atoms with van der Waals surface area (Å²) in [6.07, 6.45) is 1.88. The molecule has 4 heterocycles. The first-order valence-electron chi connectivity index (χ1n) is 10.8. The fourth-order valence-corrected chi connectivity index (χ4v) is 4.93. The van der Waals surface area contributed by atoms with Crippen LogP contribution in [0.4, 0.5) is 21.0 Å². The van der Waals surface area contributed by atoms with E-state index in [-0.39, 0.29) is 18.2 Å². The second-order valence-corrected chi connectivity index (χ2v) is 8.77. The van der Waals surface area contributed by atoms with Crippen molar-refractivity contribution in [2.75, 3.05) is 43.0 Å². The molecule has 11 heteroatoms. The third-order valence-electron chi connectivity index (χ3n) is 5.77. The van der Waals surface area contributed by atoms with Gasteiger partial charge >= 0.3 is 0 Å². The number of hydrogen-bond donors (Lipinski definition) is 1. The van der Waals surface area contributed by atoms with Gasteiger partial charge in [0.1, 0.15) is 28.3 Å². The van der Waals surface area contributed by atoms with E-state index in [1.165, 1.54) is 23.5 Å². The van der Waals surface area contributed by atoms with Crippen molar-refractivity contribution in [1.82, 2.24) is 25.1 Å². The maximum absolute atomic E-state index is 13.4. The zero-order valence-electron chi connectivity index (χ0n) is 18.8. The van der Waals surface area contributed by atoms with Crippen molar-refractivity contribution in [2.24, 2.45) is 0 Å².